The van der Waals surface area contributed by atoms with E-state index in [-0.39, 0.29) is 0 Å². The molecule has 1 aromatic heterocycles. The highest BCUT2D eigenvalue weighted by atomic mass is 79.9. The molecular formula is C12H18BrNS. The van der Waals surface area contributed by atoms with E-state index in [0.29, 0.717) is 0 Å². The number of rotatable bonds is 2. The van der Waals surface area contributed by atoms with Gasteiger partial charge >= 0.3 is 0 Å². The number of likely N-dealkylation sites (tertiary alicyclic amines) is 1. The lowest BCUT2D eigenvalue weighted by Gasteiger charge is -2.36. The van der Waals surface area contributed by atoms with Gasteiger partial charge in [0.05, 0.1) is 0 Å². The van der Waals surface area contributed by atoms with Gasteiger partial charge in [0.15, 0.2) is 0 Å². The van der Waals surface area contributed by atoms with E-state index < -0.39 is 0 Å². The zero-order valence-corrected chi connectivity index (χ0v) is 11.8. The third-order valence-electron chi connectivity index (χ3n) is 3.26. The second-order valence-corrected chi connectivity index (χ2v) is 6.59. The summed E-state index contributed by atoms with van der Waals surface area (Å²) in [5.41, 5.74) is 0. The molecule has 1 aromatic rings. The molecule has 1 aliphatic heterocycles. The molecule has 2 atom stereocenters. The fourth-order valence-electron chi connectivity index (χ4n) is 2.33. The Labute approximate surface area is 105 Å². The molecule has 1 nitrogen and oxygen atoms in total. The topological polar surface area (TPSA) is 3.24 Å². The molecule has 0 radical (unpaired) electrons. The van der Waals surface area contributed by atoms with Crippen LogP contribution >= 0.6 is 27.3 Å². The molecule has 0 aliphatic carbocycles. The fraction of sp³-hybridized carbons (Fsp3) is 0.667. The van der Waals surface area contributed by atoms with E-state index in [1.165, 1.54) is 28.7 Å². The van der Waals surface area contributed by atoms with Gasteiger partial charge in [-0.2, -0.15) is 0 Å². The minimum atomic E-state index is 0.745. The van der Waals surface area contributed by atoms with Crippen LogP contribution in [-0.4, -0.2) is 17.5 Å². The van der Waals surface area contributed by atoms with E-state index >= 15 is 0 Å². The third-order valence-corrected chi connectivity index (χ3v) is 4.94. The molecule has 2 heterocycles. The predicted molar refractivity (Wildman–Crippen MR) is 70.3 cm³/mol. The molecule has 0 aromatic carbocycles. The van der Waals surface area contributed by atoms with Gasteiger partial charge in [0, 0.05) is 27.3 Å². The van der Waals surface area contributed by atoms with Crippen LogP contribution < -0.4 is 0 Å². The Bertz CT molecular complexity index is 323. The second-order valence-electron chi connectivity index (χ2n) is 4.68. The van der Waals surface area contributed by atoms with Gasteiger partial charge in [-0.3, -0.25) is 4.90 Å². The molecule has 1 saturated heterocycles. The zero-order chi connectivity index (χ0) is 10.8. The van der Waals surface area contributed by atoms with Crippen LogP contribution in [0.15, 0.2) is 15.9 Å². The highest BCUT2D eigenvalue weighted by molar-refractivity contribution is 9.10. The van der Waals surface area contributed by atoms with Gasteiger partial charge < -0.3 is 0 Å². The Kier molecular flexibility index (Phi) is 3.86. The smallest absolute Gasteiger partial charge is 0.0331 e. The highest BCUT2D eigenvalue weighted by Gasteiger charge is 2.22. The maximum atomic E-state index is 3.51. The van der Waals surface area contributed by atoms with Crippen molar-refractivity contribution in [1.29, 1.82) is 0 Å². The molecular weight excluding hydrogens is 270 g/mol. The standard InChI is InChI=1S/C12H18BrNS/c1-9-3-4-14(10(2)5-9)7-12-6-11(13)8-15-12/h6,8-10H,3-5,7H2,1-2H3. The summed E-state index contributed by atoms with van der Waals surface area (Å²) in [4.78, 5) is 4.08. The number of piperidine rings is 1. The lowest BCUT2D eigenvalue weighted by Crippen LogP contribution is -2.39. The first-order valence-electron chi connectivity index (χ1n) is 5.62. The summed E-state index contributed by atoms with van der Waals surface area (Å²) in [6, 6.07) is 2.99. The summed E-state index contributed by atoms with van der Waals surface area (Å²) in [5.74, 6) is 0.909. The maximum Gasteiger partial charge on any atom is 0.0331 e. The van der Waals surface area contributed by atoms with E-state index in [4.69, 9.17) is 0 Å². The maximum absolute atomic E-state index is 3.51. The average molecular weight is 288 g/mol. The summed E-state index contributed by atoms with van der Waals surface area (Å²) in [6.45, 7) is 7.12. The molecule has 2 unspecified atom stereocenters. The van der Waals surface area contributed by atoms with E-state index in [0.717, 1.165) is 18.5 Å². The molecule has 0 N–H and O–H groups in total. The first-order chi connectivity index (χ1) is 7.15. The van der Waals surface area contributed by atoms with Gasteiger partial charge in [0.1, 0.15) is 0 Å². The molecule has 15 heavy (non-hydrogen) atoms. The van der Waals surface area contributed by atoms with Crippen LogP contribution in [0.1, 0.15) is 31.6 Å². The lowest BCUT2D eigenvalue weighted by molar-refractivity contribution is 0.123. The van der Waals surface area contributed by atoms with Crippen LogP contribution in [0.3, 0.4) is 0 Å². The van der Waals surface area contributed by atoms with Crippen molar-refractivity contribution >= 4 is 27.3 Å². The minimum Gasteiger partial charge on any atom is -0.296 e. The number of thiophene rings is 1. The summed E-state index contributed by atoms with van der Waals surface area (Å²) in [6.07, 6.45) is 2.71. The van der Waals surface area contributed by atoms with Gasteiger partial charge in [0.25, 0.3) is 0 Å². The molecule has 0 saturated carbocycles. The van der Waals surface area contributed by atoms with Gasteiger partial charge in [-0.25, -0.2) is 0 Å². The first kappa shape index (κ1) is 11.6. The van der Waals surface area contributed by atoms with Crippen molar-refractivity contribution < 1.29 is 0 Å². The number of halogens is 1. The lowest BCUT2D eigenvalue weighted by atomic mass is 9.93. The van der Waals surface area contributed by atoms with Crippen molar-refractivity contribution in [2.75, 3.05) is 6.54 Å². The van der Waals surface area contributed by atoms with Crippen molar-refractivity contribution in [3.8, 4) is 0 Å². The van der Waals surface area contributed by atoms with Crippen molar-refractivity contribution in [3.05, 3.63) is 20.8 Å². The minimum absolute atomic E-state index is 0.745. The number of hydrogen-bond acceptors (Lipinski definition) is 2. The Balaban J connectivity index is 1.94. The van der Waals surface area contributed by atoms with E-state index in [1.807, 2.05) is 11.3 Å². The van der Waals surface area contributed by atoms with Crippen LogP contribution in [0.4, 0.5) is 0 Å². The quantitative estimate of drug-likeness (QED) is 0.791. The van der Waals surface area contributed by atoms with Gasteiger partial charge in [0.2, 0.25) is 0 Å². The van der Waals surface area contributed by atoms with E-state index in [1.54, 1.807) is 0 Å². The van der Waals surface area contributed by atoms with E-state index in [9.17, 15) is 0 Å². The number of nitrogens with zero attached hydrogens (tertiary/aromatic N) is 1. The molecule has 2 rings (SSSR count). The van der Waals surface area contributed by atoms with Gasteiger partial charge in [-0.15, -0.1) is 11.3 Å². The van der Waals surface area contributed by atoms with Crippen molar-refractivity contribution in [3.63, 3.8) is 0 Å². The third kappa shape index (κ3) is 3.05. The molecule has 1 aliphatic rings. The molecule has 3 heteroatoms. The predicted octanol–water partition coefficient (Wildman–Crippen LogP) is 4.13. The fourth-order valence-corrected chi connectivity index (χ4v) is 3.80. The Hall–Kier alpha value is 0.140. The SMILES string of the molecule is CC1CCN(Cc2cc(Br)cs2)C(C)C1. The van der Waals surface area contributed by atoms with Crippen LogP contribution in [0.25, 0.3) is 0 Å². The summed E-state index contributed by atoms with van der Waals surface area (Å²) < 4.78 is 1.22. The average Bonchev–Trinajstić information content (AvgIpc) is 2.56. The van der Waals surface area contributed by atoms with Gasteiger partial charge in [-0.05, 0) is 54.2 Å². The highest BCUT2D eigenvalue weighted by Crippen LogP contribution is 2.26. The van der Waals surface area contributed by atoms with Crippen LogP contribution in [-0.2, 0) is 6.54 Å². The van der Waals surface area contributed by atoms with Crippen LogP contribution in [0, 0.1) is 5.92 Å². The number of hydrogen-bond donors (Lipinski definition) is 0. The van der Waals surface area contributed by atoms with Crippen molar-refractivity contribution in [2.45, 2.75) is 39.3 Å². The van der Waals surface area contributed by atoms with Gasteiger partial charge in [-0.1, -0.05) is 6.92 Å². The molecule has 0 amide bonds. The Morgan fingerprint density at radius 2 is 2.33 bits per heavy atom. The van der Waals surface area contributed by atoms with Crippen LogP contribution in [0.5, 0.6) is 0 Å². The first-order valence-corrected chi connectivity index (χ1v) is 7.29. The monoisotopic (exact) mass is 287 g/mol. The second kappa shape index (κ2) is 4.98. The molecule has 0 spiro atoms. The summed E-state index contributed by atoms with van der Waals surface area (Å²) in [5, 5.41) is 2.17. The Morgan fingerprint density at radius 1 is 1.53 bits per heavy atom. The normalized spacial score (nSPS) is 28.2. The van der Waals surface area contributed by atoms with Crippen molar-refractivity contribution in [1.82, 2.24) is 4.90 Å². The summed E-state index contributed by atoms with van der Waals surface area (Å²) in [7, 11) is 0. The molecule has 1 fully saturated rings. The van der Waals surface area contributed by atoms with E-state index in [2.05, 4.69) is 46.1 Å². The molecule has 84 valence electrons. The summed E-state index contributed by atoms with van der Waals surface area (Å²) >= 11 is 5.37. The van der Waals surface area contributed by atoms with Crippen LogP contribution in [0.2, 0.25) is 0 Å². The van der Waals surface area contributed by atoms with Crippen molar-refractivity contribution in [2.24, 2.45) is 5.92 Å². The molecule has 0 bridgehead atoms. The largest absolute Gasteiger partial charge is 0.296 e. The zero-order valence-electron chi connectivity index (χ0n) is 9.37. The Morgan fingerprint density at radius 3 is 2.93 bits per heavy atom.